The van der Waals surface area contributed by atoms with E-state index in [1.54, 1.807) is 0 Å². The molecule has 0 atom stereocenters. The average Bonchev–Trinajstić information content (AvgIpc) is 3.68. The van der Waals surface area contributed by atoms with E-state index in [1.807, 2.05) is 60.8 Å². The third kappa shape index (κ3) is 7.14. The Morgan fingerprint density at radius 3 is 2.23 bits per heavy atom. The molecule has 52 heavy (non-hydrogen) atoms. The van der Waals surface area contributed by atoms with E-state index in [0.29, 0.717) is 33.5 Å². The Kier molecular flexibility index (Phi) is 10.7. The minimum absolute atomic E-state index is 0. The van der Waals surface area contributed by atoms with Crippen molar-refractivity contribution in [1.29, 1.82) is 0 Å². The van der Waals surface area contributed by atoms with Crippen LogP contribution in [0.3, 0.4) is 0 Å². The van der Waals surface area contributed by atoms with Crippen molar-refractivity contribution in [2.24, 2.45) is 0 Å². The molecule has 0 aliphatic rings. The summed E-state index contributed by atoms with van der Waals surface area (Å²) in [6.07, 6.45) is 2.04. The van der Waals surface area contributed by atoms with Crippen LogP contribution in [0.4, 0.5) is 4.39 Å². The Labute approximate surface area is 321 Å². The number of hydrogen-bond donors (Lipinski definition) is 0. The molecule has 0 saturated carbocycles. The van der Waals surface area contributed by atoms with Crippen LogP contribution in [0.5, 0.6) is 0 Å². The number of nitrogens with zero attached hydrogens (tertiary/aromatic N) is 4. The summed E-state index contributed by atoms with van der Waals surface area (Å²) in [6, 6.07) is 36.2. The van der Waals surface area contributed by atoms with Crippen molar-refractivity contribution in [3.05, 3.63) is 138 Å². The fourth-order valence-electron chi connectivity index (χ4n) is 6.66. The van der Waals surface area contributed by atoms with Gasteiger partial charge in [0.25, 0.3) is 0 Å². The summed E-state index contributed by atoms with van der Waals surface area (Å²) in [4.78, 5) is 14.2. The van der Waals surface area contributed by atoms with Crippen LogP contribution in [0.15, 0.2) is 102 Å². The fourth-order valence-corrected chi connectivity index (χ4v) is 8.83. The molecule has 0 N–H and O–H groups in total. The van der Waals surface area contributed by atoms with E-state index in [-0.39, 0.29) is 31.8 Å². The van der Waals surface area contributed by atoms with Gasteiger partial charge in [-0.25, -0.2) is 4.98 Å². The van der Waals surface area contributed by atoms with E-state index in [1.165, 1.54) is 16.0 Å². The second kappa shape index (κ2) is 14.9. The Hall–Kier alpha value is -4.43. The largest absolute Gasteiger partial charge is 0 e. The molecule has 8 rings (SSSR count). The zero-order chi connectivity index (χ0) is 36.0. The SMILES string of the molecule is Cc1cc(C)c(-n2c(-c3[c-]cc(F)c4c3oc3nc(C(C)C)ccc34)nc3ccccc32)c(C)c1.[CH3][Ge]([CH3])([CH3])[c]1ccc(-c2[c-]cccc2)nc1.[Ir]. The molecule has 0 aliphatic heterocycles. The molecule has 265 valence electrons. The first kappa shape index (κ1) is 37.3. The number of pyridine rings is 2. The molecule has 4 aromatic carbocycles. The topological polar surface area (TPSA) is 56.7 Å². The summed E-state index contributed by atoms with van der Waals surface area (Å²) in [5.74, 6) is 7.66. The van der Waals surface area contributed by atoms with Gasteiger partial charge in [0.2, 0.25) is 5.71 Å². The van der Waals surface area contributed by atoms with Gasteiger partial charge in [-0.3, -0.25) is 9.37 Å². The van der Waals surface area contributed by atoms with Gasteiger partial charge >= 0.3 is 99.8 Å². The number of aromatic nitrogens is 4. The van der Waals surface area contributed by atoms with E-state index in [2.05, 4.69) is 109 Å². The number of rotatable bonds is 5. The van der Waals surface area contributed by atoms with E-state index in [4.69, 9.17) is 9.40 Å². The quantitative estimate of drug-likeness (QED) is 0.127. The Bertz CT molecular complexity index is 2510. The van der Waals surface area contributed by atoms with Crippen molar-refractivity contribution in [2.75, 3.05) is 0 Å². The van der Waals surface area contributed by atoms with E-state index < -0.39 is 13.3 Å². The Morgan fingerprint density at radius 1 is 0.846 bits per heavy atom. The van der Waals surface area contributed by atoms with E-state index in [9.17, 15) is 0 Å². The Balaban J connectivity index is 0.000000230. The van der Waals surface area contributed by atoms with Gasteiger partial charge in [0, 0.05) is 42.7 Å². The fraction of sp³-hybridized carbons (Fsp3) is 0.205. The number of hydrogen-bond acceptors (Lipinski definition) is 4. The number of imidazole rings is 1. The van der Waals surface area contributed by atoms with Gasteiger partial charge in [-0.1, -0.05) is 49.2 Å². The van der Waals surface area contributed by atoms with Crippen molar-refractivity contribution >= 4 is 50.8 Å². The molecule has 1 radical (unpaired) electrons. The van der Waals surface area contributed by atoms with Crippen molar-refractivity contribution < 1.29 is 28.9 Å². The molecular weight excluding hydrogens is 884 g/mol. The normalized spacial score (nSPS) is 11.6. The zero-order valence-corrected chi connectivity index (χ0v) is 35.2. The van der Waals surface area contributed by atoms with Gasteiger partial charge in [0.1, 0.15) is 0 Å². The molecule has 8 heteroatoms. The second-order valence-electron chi connectivity index (χ2n) is 14.5. The van der Waals surface area contributed by atoms with Crippen molar-refractivity contribution in [1.82, 2.24) is 19.5 Å². The monoisotopic (exact) mass is 927 g/mol. The van der Waals surface area contributed by atoms with Crippen LogP contribution in [0.25, 0.3) is 61.4 Å². The van der Waals surface area contributed by atoms with Gasteiger partial charge in [0.05, 0.1) is 22.4 Å². The molecule has 5 nitrogen and oxygen atoms in total. The van der Waals surface area contributed by atoms with Gasteiger partial charge in [-0.15, -0.1) is 12.1 Å². The number of fused-ring (bicyclic) bond motifs is 4. The number of para-hydroxylation sites is 2. The first-order chi connectivity index (χ1) is 24.4. The van der Waals surface area contributed by atoms with Crippen LogP contribution in [0.2, 0.25) is 17.3 Å². The van der Waals surface area contributed by atoms with Gasteiger partial charge in [-0.2, -0.15) is 0 Å². The predicted octanol–water partition coefficient (Wildman–Crippen LogP) is 11.1. The van der Waals surface area contributed by atoms with E-state index in [0.717, 1.165) is 44.8 Å². The van der Waals surface area contributed by atoms with E-state index >= 15 is 4.39 Å². The molecule has 8 aromatic rings. The van der Waals surface area contributed by atoms with Crippen LogP contribution in [-0.4, -0.2) is 32.8 Å². The maximum atomic E-state index is 15.2. The maximum Gasteiger partial charge on any atom is 0 e. The summed E-state index contributed by atoms with van der Waals surface area (Å²) in [5.41, 5.74) is 10.8. The van der Waals surface area contributed by atoms with Crippen molar-refractivity contribution in [2.45, 2.75) is 57.8 Å². The molecule has 0 fully saturated rings. The number of halogens is 1. The summed E-state index contributed by atoms with van der Waals surface area (Å²) in [7, 11) is 0. The first-order valence-corrected chi connectivity index (χ1v) is 24.7. The standard InChI is InChI=1S/C30H25FN3O.C14H16GeN.Ir/c1-16(2)23-13-11-20-26-22(31)12-10-21(28(26)35-30(20)33-23)29-32-24-8-6-7-9-25(24)34(29)27-18(4)14-17(3)15-19(27)5;1-15(2,3)13-9-10-14(16-11-13)12-7-5-4-6-8-12;/h6-9,11-16H,1-5H3;4-7,9-11H,1-3H3;/q2*-1;. The van der Waals surface area contributed by atoms with Crippen molar-refractivity contribution in [3.63, 3.8) is 0 Å². The third-order valence-corrected chi connectivity index (χ3v) is 13.5. The summed E-state index contributed by atoms with van der Waals surface area (Å²) in [6.45, 7) is 10.5. The van der Waals surface area contributed by atoms with Gasteiger partial charge in [0.15, 0.2) is 0 Å². The summed E-state index contributed by atoms with van der Waals surface area (Å²) in [5, 5.41) is 1.06. The Morgan fingerprint density at radius 2 is 1.58 bits per heavy atom. The van der Waals surface area contributed by atoms with Crippen LogP contribution in [0, 0.1) is 38.7 Å². The molecule has 0 spiro atoms. The molecule has 0 saturated heterocycles. The zero-order valence-electron chi connectivity index (χ0n) is 30.7. The predicted molar refractivity (Wildman–Crippen MR) is 210 cm³/mol. The maximum absolute atomic E-state index is 15.2. The molecule has 4 aromatic heterocycles. The average molecular weight is 926 g/mol. The first-order valence-electron chi connectivity index (χ1n) is 17.3. The van der Waals surface area contributed by atoms with Crippen LogP contribution >= 0.6 is 0 Å². The summed E-state index contributed by atoms with van der Waals surface area (Å²) < 4.78 is 25.0. The molecule has 0 amide bonds. The van der Waals surface area contributed by atoms with Crippen LogP contribution < -0.4 is 4.40 Å². The molecule has 0 aliphatic carbocycles. The smallest absolute Gasteiger partial charge is 0 e. The second-order valence-corrected chi connectivity index (χ2v) is 25.2. The minimum atomic E-state index is -1.72. The van der Waals surface area contributed by atoms with Crippen molar-refractivity contribution in [3.8, 4) is 28.3 Å². The molecule has 0 unspecified atom stereocenters. The number of furan rings is 1. The minimum Gasteiger partial charge on any atom is 0 e. The molecular formula is C44H41FGeIrN4O-2. The number of aryl methyl sites for hydroxylation is 3. The summed E-state index contributed by atoms with van der Waals surface area (Å²) >= 11 is -1.72. The van der Waals surface area contributed by atoms with Gasteiger partial charge < -0.3 is 8.98 Å². The molecule has 0 bridgehead atoms. The van der Waals surface area contributed by atoms with Crippen LogP contribution in [0.1, 0.15) is 42.1 Å². The third-order valence-electron chi connectivity index (χ3n) is 9.24. The van der Waals surface area contributed by atoms with Crippen LogP contribution in [-0.2, 0) is 20.1 Å². The van der Waals surface area contributed by atoms with Gasteiger partial charge in [-0.05, 0) is 67.5 Å². The number of benzene rings is 4. The molecule has 4 heterocycles.